The van der Waals surface area contributed by atoms with E-state index in [0.29, 0.717) is 18.6 Å². The third kappa shape index (κ3) is 6.84. The van der Waals surface area contributed by atoms with Crippen molar-refractivity contribution in [2.75, 3.05) is 19.6 Å². The molecule has 0 spiro atoms. The first-order valence-electron chi connectivity index (χ1n) is 8.84. The van der Waals surface area contributed by atoms with Crippen LogP contribution in [0.1, 0.15) is 51.2 Å². The molecule has 0 saturated carbocycles. The number of nitrogens with one attached hydrogen (secondary N) is 2. The maximum absolute atomic E-state index is 4.70. The third-order valence-electron chi connectivity index (χ3n) is 4.25. The SMILES string of the molecule is CCNC(=NCc1csc(CC)n1)NC1CCN(C(C)C)CC1.I. The summed E-state index contributed by atoms with van der Waals surface area (Å²) in [7, 11) is 0. The first-order chi connectivity index (χ1) is 11.1. The van der Waals surface area contributed by atoms with Gasteiger partial charge in [0.1, 0.15) is 0 Å². The predicted molar refractivity (Wildman–Crippen MR) is 115 cm³/mol. The quantitative estimate of drug-likeness (QED) is 0.385. The first-order valence-corrected chi connectivity index (χ1v) is 9.72. The van der Waals surface area contributed by atoms with E-state index in [1.807, 2.05) is 0 Å². The van der Waals surface area contributed by atoms with Gasteiger partial charge in [0.2, 0.25) is 0 Å². The van der Waals surface area contributed by atoms with Crippen molar-refractivity contribution in [3.63, 3.8) is 0 Å². The largest absolute Gasteiger partial charge is 0.357 e. The molecule has 0 unspecified atom stereocenters. The Morgan fingerprint density at radius 2 is 2.08 bits per heavy atom. The van der Waals surface area contributed by atoms with Crippen LogP contribution in [0.5, 0.6) is 0 Å². The maximum Gasteiger partial charge on any atom is 0.191 e. The second-order valence-electron chi connectivity index (χ2n) is 6.33. The highest BCUT2D eigenvalue weighted by Crippen LogP contribution is 2.13. The zero-order chi connectivity index (χ0) is 16.7. The van der Waals surface area contributed by atoms with E-state index >= 15 is 0 Å². The molecular formula is C17H32IN5S. The van der Waals surface area contributed by atoms with Crippen molar-refractivity contribution < 1.29 is 0 Å². The Hall–Kier alpha value is -0.410. The zero-order valence-corrected chi connectivity index (χ0v) is 18.5. The molecule has 24 heavy (non-hydrogen) atoms. The van der Waals surface area contributed by atoms with E-state index in [0.717, 1.165) is 24.6 Å². The molecule has 1 aliphatic heterocycles. The lowest BCUT2D eigenvalue weighted by atomic mass is 10.0. The number of aryl methyl sites for hydroxylation is 1. The van der Waals surface area contributed by atoms with Crippen molar-refractivity contribution in [1.29, 1.82) is 0 Å². The van der Waals surface area contributed by atoms with Gasteiger partial charge >= 0.3 is 0 Å². The van der Waals surface area contributed by atoms with Crippen LogP contribution in [0.4, 0.5) is 0 Å². The fourth-order valence-corrected chi connectivity index (χ4v) is 3.55. The highest BCUT2D eigenvalue weighted by atomic mass is 127. The van der Waals surface area contributed by atoms with E-state index in [-0.39, 0.29) is 24.0 Å². The second kappa shape index (κ2) is 11.3. The first kappa shape index (κ1) is 21.6. The summed E-state index contributed by atoms with van der Waals surface area (Å²) in [6.45, 7) is 12.7. The Bertz CT molecular complexity index is 495. The monoisotopic (exact) mass is 465 g/mol. The minimum absolute atomic E-state index is 0. The van der Waals surface area contributed by atoms with Crippen LogP contribution in [0.25, 0.3) is 0 Å². The summed E-state index contributed by atoms with van der Waals surface area (Å²) < 4.78 is 0. The number of aromatic nitrogens is 1. The van der Waals surface area contributed by atoms with Crippen molar-refractivity contribution >= 4 is 41.3 Å². The van der Waals surface area contributed by atoms with Crippen LogP contribution in [-0.2, 0) is 13.0 Å². The van der Waals surface area contributed by atoms with Gasteiger partial charge in [0, 0.05) is 37.1 Å². The number of piperidine rings is 1. The van der Waals surface area contributed by atoms with E-state index < -0.39 is 0 Å². The van der Waals surface area contributed by atoms with E-state index in [4.69, 9.17) is 4.99 Å². The molecule has 1 fully saturated rings. The smallest absolute Gasteiger partial charge is 0.191 e. The van der Waals surface area contributed by atoms with Crippen LogP contribution in [0.15, 0.2) is 10.4 Å². The van der Waals surface area contributed by atoms with E-state index in [1.165, 1.54) is 30.9 Å². The van der Waals surface area contributed by atoms with Crippen molar-refractivity contribution in [3.8, 4) is 0 Å². The topological polar surface area (TPSA) is 52.6 Å². The minimum atomic E-state index is 0. The summed E-state index contributed by atoms with van der Waals surface area (Å²) in [5, 5.41) is 10.3. The highest BCUT2D eigenvalue weighted by molar-refractivity contribution is 14.0. The molecule has 1 aliphatic rings. The predicted octanol–water partition coefficient (Wildman–Crippen LogP) is 3.25. The van der Waals surface area contributed by atoms with Crippen LogP contribution in [-0.4, -0.2) is 47.6 Å². The molecule has 1 aromatic heterocycles. The van der Waals surface area contributed by atoms with E-state index in [2.05, 4.69) is 53.6 Å². The summed E-state index contributed by atoms with van der Waals surface area (Å²) in [5.74, 6) is 0.918. The Labute approximate surface area is 167 Å². The molecule has 2 rings (SSSR count). The molecule has 5 nitrogen and oxygen atoms in total. The van der Waals surface area contributed by atoms with E-state index in [1.54, 1.807) is 11.3 Å². The summed E-state index contributed by atoms with van der Waals surface area (Å²) in [6, 6.07) is 1.17. The van der Waals surface area contributed by atoms with Gasteiger partial charge < -0.3 is 15.5 Å². The van der Waals surface area contributed by atoms with E-state index in [9.17, 15) is 0 Å². The van der Waals surface area contributed by atoms with Gasteiger partial charge in [0.15, 0.2) is 5.96 Å². The Morgan fingerprint density at radius 1 is 1.38 bits per heavy atom. The number of rotatable bonds is 6. The van der Waals surface area contributed by atoms with Gasteiger partial charge in [-0.05, 0) is 40.0 Å². The normalized spacial score (nSPS) is 17.0. The van der Waals surface area contributed by atoms with Crippen molar-refractivity contribution in [2.45, 2.75) is 65.6 Å². The van der Waals surface area contributed by atoms with Gasteiger partial charge in [-0.2, -0.15) is 0 Å². The van der Waals surface area contributed by atoms with Crippen molar-refractivity contribution in [2.24, 2.45) is 4.99 Å². The van der Waals surface area contributed by atoms with Gasteiger partial charge in [-0.3, -0.25) is 0 Å². The molecule has 0 amide bonds. The molecule has 1 aromatic rings. The zero-order valence-electron chi connectivity index (χ0n) is 15.3. The number of hydrogen-bond acceptors (Lipinski definition) is 4. The number of aliphatic imine (C=N–C) groups is 1. The second-order valence-corrected chi connectivity index (χ2v) is 7.27. The average Bonchev–Trinajstić information content (AvgIpc) is 3.01. The molecule has 2 heterocycles. The van der Waals surface area contributed by atoms with Gasteiger partial charge in [-0.25, -0.2) is 9.98 Å². The molecule has 1 saturated heterocycles. The van der Waals surface area contributed by atoms with Gasteiger partial charge in [-0.15, -0.1) is 35.3 Å². The number of thiazole rings is 1. The van der Waals surface area contributed by atoms with Gasteiger partial charge in [0.25, 0.3) is 0 Å². The fourth-order valence-electron chi connectivity index (χ4n) is 2.82. The van der Waals surface area contributed by atoms with Crippen molar-refractivity contribution in [1.82, 2.24) is 20.5 Å². The molecule has 0 aliphatic carbocycles. The standard InChI is InChI=1S/C17H31N5S.HI/c1-5-16-20-15(12-23-16)11-19-17(18-6-2)21-14-7-9-22(10-8-14)13(3)4;/h12-14H,5-11H2,1-4H3,(H2,18,19,21);1H. The summed E-state index contributed by atoms with van der Waals surface area (Å²) in [6.07, 6.45) is 3.36. The number of nitrogens with zero attached hydrogens (tertiary/aromatic N) is 3. The molecule has 0 aromatic carbocycles. The fraction of sp³-hybridized carbons (Fsp3) is 0.765. The lowest BCUT2D eigenvalue weighted by Gasteiger charge is -2.35. The van der Waals surface area contributed by atoms with Gasteiger partial charge in [0.05, 0.1) is 17.2 Å². The molecule has 0 bridgehead atoms. The number of guanidine groups is 1. The molecular weight excluding hydrogens is 433 g/mol. The lowest BCUT2D eigenvalue weighted by Crippen LogP contribution is -2.49. The van der Waals surface area contributed by atoms with Gasteiger partial charge in [-0.1, -0.05) is 6.92 Å². The average molecular weight is 465 g/mol. The summed E-state index contributed by atoms with van der Waals surface area (Å²) >= 11 is 1.73. The van der Waals surface area contributed by atoms with Crippen LogP contribution in [0.2, 0.25) is 0 Å². The highest BCUT2D eigenvalue weighted by Gasteiger charge is 2.21. The summed E-state index contributed by atoms with van der Waals surface area (Å²) in [4.78, 5) is 11.8. The van der Waals surface area contributed by atoms with Crippen molar-refractivity contribution in [3.05, 3.63) is 16.1 Å². The molecule has 138 valence electrons. The lowest BCUT2D eigenvalue weighted by molar-refractivity contribution is 0.167. The minimum Gasteiger partial charge on any atom is -0.357 e. The Balaban J connectivity index is 0.00000288. The molecule has 2 N–H and O–H groups in total. The third-order valence-corrected chi connectivity index (χ3v) is 5.29. The molecule has 0 radical (unpaired) electrons. The number of likely N-dealkylation sites (tertiary alicyclic amines) is 1. The Kier molecular flexibility index (Phi) is 10.1. The summed E-state index contributed by atoms with van der Waals surface area (Å²) in [5.41, 5.74) is 1.07. The number of halogens is 1. The van der Waals surface area contributed by atoms with Crippen LogP contribution in [0.3, 0.4) is 0 Å². The van der Waals surface area contributed by atoms with Crippen LogP contribution in [0, 0.1) is 0 Å². The maximum atomic E-state index is 4.70. The molecule has 7 heteroatoms. The number of hydrogen-bond donors (Lipinski definition) is 2. The molecule has 0 atom stereocenters. The van der Waals surface area contributed by atoms with Crippen LogP contribution >= 0.6 is 35.3 Å². The Morgan fingerprint density at radius 3 is 2.62 bits per heavy atom. The van der Waals surface area contributed by atoms with Crippen LogP contribution < -0.4 is 10.6 Å².